The number of ether oxygens (including phenoxy) is 1. The summed E-state index contributed by atoms with van der Waals surface area (Å²) in [6, 6.07) is 15.5. The zero-order chi connectivity index (χ0) is 19.9. The number of aliphatic carboxylic acids is 1. The molecule has 1 amide bonds. The Morgan fingerprint density at radius 2 is 1.61 bits per heavy atom. The van der Waals surface area contributed by atoms with Crippen molar-refractivity contribution in [1.29, 1.82) is 0 Å². The van der Waals surface area contributed by atoms with Gasteiger partial charge in [0.1, 0.15) is 5.75 Å². The van der Waals surface area contributed by atoms with Crippen LogP contribution in [0.5, 0.6) is 5.75 Å². The third-order valence-corrected chi connectivity index (χ3v) is 5.13. The molecule has 0 aromatic heterocycles. The van der Waals surface area contributed by atoms with Crippen molar-refractivity contribution in [3.63, 3.8) is 0 Å². The summed E-state index contributed by atoms with van der Waals surface area (Å²) in [5.74, 6) is 0.637. The number of hydrogen-bond donors (Lipinski definition) is 1. The quantitative estimate of drug-likeness (QED) is 0.762. The molecule has 28 heavy (non-hydrogen) atoms. The normalized spacial score (nSPS) is 16.2. The summed E-state index contributed by atoms with van der Waals surface area (Å²) >= 11 is 0. The Balaban J connectivity index is 1.49. The lowest BCUT2D eigenvalue weighted by Gasteiger charge is -2.17. The maximum atomic E-state index is 12.6. The van der Waals surface area contributed by atoms with Gasteiger partial charge >= 0.3 is 5.97 Å². The topological polar surface area (TPSA) is 66.8 Å². The third-order valence-electron chi connectivity index (χ3n) is 5.13. The minimum absolute atomic E-state index is 0.0531. The molecule has 1 atom stereocenters. The Hall–Kier alpha value is -2.82. The standard InChI is InChI=1S/C23H27NO4/c1-2-28-21-9-7-18(8-10-21)14-22(25)24-12-11-20(16-24)13-17-3-5-19(6-4-17)15-23(26)27/h3-10,20H,2,11-16H2,1H3,(H,26,27). The van der Waals surface area contributed by atoms with Crippen LogP contribution in [0.1, 0.15) is 30.0 Å². The number of carbonyl (C=O) groups is 2. The molecule has 3 rings (SSSR count). The van der Waals surface area contributed by atoms with Gasteiger partial charge in [0.25, 0.3) is 0 Å². The van der Waals surface area contributed by atoms with Gasteiger partial charge in [-0.05, 0) is 54.5 Å². The lowest BCUT2D eigenvalue weighted by Crippen LogP contribution is -2.30. The second-order valence-electron chi connectivity index (χ2n) is 7.34. The average Bonchev–Trinajstić information content (AvgIpc) is 3.13. The molecular weight excluding hydrogens is 354 g/mol. The Labute approximate surface area is 165 Å². The lowest BCUT2D eigenvalue weighted by molar-refractivity contribution is -0.136. The van der Waals surface area contributed by atoms with Crippen LogP contribution in [0.4, 0.5) is 0 Å². The summed E-state index contributed by atoms with van der Waals surface area (Å²) in [4.78, 5) is 25.3. The molecule has 5 nitrogen and oxygen atoms in total. The maximum Gasteiger partial charge on any atom is 0.307 e. The highest BCUT2D eigenvalue weighted by Gasteiger charge is 2.26. The highest BCUT2D eigenvalue weighted by atomic mass is 16.5. The maximum absolute atomic E-state index is 12.6. The van der Waals surface area contributed by atoms with Crippen molar-refractivity contribution >= 4 is 11.9 Å². The van der Waals surface area contributed by atoms with Gasteiger partial charge in [0.05, 0.1) is 19.4 Å². The number of carboxylic acid groups (broad SMARTS) is 1. The van der Waals surface area contributed by atoms with E-state index in [2.05, 4.69) is 0 Å². The highest BCUT2D eigenvalue weighted by Crippen LogP contribution is 2.22. The van der Waals surface area contributed by atoms with Crippen LogP contribution in [-0.2, 0) is 28.9 Å². The number of rotatable bonds is 8. The minimum atomic E-state index is -0.815. The Morgan fingerprint density at radius 3 is 2.25 bits per heavy atom. The molecule has 1 aliphatic heterocycles. The van der Waals surface area contributed by atoms with Crippen molar-refractivity contribution in [3.8, 4) is 5.75 Å². The van der Waals surface area contributed by atoms with E-state index in [1.54, 1.807) is 0 Å². The summed E-state index contributed by atoms with van der Waals surface area (Å²) < 4.78 is 5.44. The second-order valence-corrected chi connectivity index (χ2v) is 7.34. The van der Waals surface area contributed by atoms with Crippen LogP contribution < -0.4 is 4.74 Å². The fourth-order valence-corrected chi connectivity index (χ4v) is 3.68. The number of amides is 1. The molecule has 0 spiro atoms. The molecule has 1 aliphatic rings. The van der Waals surface area contributed by atoms with E-state index in [0.717, 1.165) is 42.8 Å². The molecule has 0 bridgehead atoms. The monoisotopic (exact) mass is 381 g/mol. The van der Waals surface area contributed by atoms with Gasteiger partial charge in [0, 0.05) is 13.1 Å². The Bertz CT molecular complexity index is 798. The van der Waals surface area contributed by atoms with Gasteiger partial charge in [-0.1, -0.05) is 36.4 Å². The smallest absolute Gasteiger partial charge is 0.307 e. The van der Waals surface area contributed by atoms with Crippen LogP contribution in [0.15, 0.2) is 48.5 Å². The first kappa shape index (κ1) is 19.9. The second kappa shape index (κ2) is 9.40. The minimum Gasteiger partial charge on any atom is -0.494 e. The zero-order valence-corrected chi connectivity index (χ0v) is 16.3. The molecule has 0 saturated carbocycles. The molecule has 1 heterocycles. The zero-order valence-electron chi connectivity index (χ0n) is 16.3. The number of hydrogen-bond acceptors (Lipinski definition) is 3. The fourth-order valence-electron chi connectivity index (χ4n) is 3.68. The van der Waals surface area contributed by atoms with Crippen LogP contribution in [0.25, 0.3) is 0 Å². The largest absolute Gasteiger partial charge is 0.494 e. The van der Waals surface area contributed by atoms with Gasteiger partial charge in [-0.3, -0.25) is 9.59 Å². The summed E-state index contributed by atoms with van der Waals surface area (Å²) in [6.45, 7) is 4.17. The van der Waals surface area contributed by atoms with Crippen molar-refractivity contribution in [2.24, 2.45) is 5.92 Å². The molecular formula is C23H27NO4. The van der Waals surface area contributed by atoms with Crippen molar-refractivity contribution < 1.29 is 19.4 Å². The first-order valence-corrected chi connectivity index (χ1v) is 9.82. The number of carbonyl (C=O) groups excluding carboxylic acids is 1. The van der Waals surface area contributed by atoms with Gasteiger partial charge in [-0.2, -0.15) is 0 Å². The Kier molecular flexibility index (Phi) is 6.69. The molecule has 1 saturated heterocycles. The molecule has 2 aromatic carbocycles. The highest BCUT2D eigenvalue weighted by molar-refractivity contribution is 5.79. The molecule has 148 valence electrons. The van der Waals surface area contributed by atoms with Gasteiger partial charge in [-0.15, -0.1) is 0 Å². The van der Waals surface area contributed by atoms with Gasteiger partial charge in [0.15, 0.2) is 0 Å². The van der Waals surface area contributed by atoms with E-state index in [1.165, 1.54) is 5.56 Å². The van der Waals surface area contributed by atoms with Crippen LogP contribution in [0.2, 0.25) is 0 Å². The molecule has 0 radical (unpaired) electrons. The molecule has 1 N–H and O–H groups in total. The first-order valence-electron chi connectivity index (χ1n) is 9.82. The van der Waals surface area contributed by atoms with Gasteiger partial charge in [0.2, 0.25) is 5.91 Å². The molecule has 2 aromatic rings. The molecule has 0 aliphatic carbocycles. The SMILES string of the molecule is CCOc1ccc(CC(=O)N2CCC(Cc3ccc(CC(=O)O)cc3)C2)cc1. The number of nitrogens with zero attached hydrogens (tertiary/aromatic N) is 1. The van der Waals surface area contributed by atoms with Crippen molar-refractivity contribution in [3.05, 3.63) is 65.2 Å². The van der Waals surface area contributed by atoms with E-state index in [4.69, 9.17) is 9.84 Å². The van der Waals surface area contributed by atoms with Crippen LogP contribution >= 0.6 is 0 Å². The van der Waals surface area contributed by atoms with Gasteiger partial charge < -0.3 is 14.7 Å². The van der Waals surface area contributed by atoms with Gasteiger partial charge in [-0.25, -0.2) is 0 Å². The summed E-state index contributed by atoms with van der Waals surface area (Å²) in [5, 5.41) is 8.85. The van der Waals surface area contributed by atoms with Crippen LogP contribution in [-0.4, -0.2) is 41.6 Å². The van der Waals surface area contributed by atoms with E-state index < -0.39 is 5.97 Å². The summed E-state index contributed by atoms with van der Waals surface area (Å²) in [6.07, 6.45) is 2.40. The Morgan fingerprint density at radius 1 is 1.00 bits per heavy atom. The molecule has 1 unspecified atom stereocenters. The predicted octanol–water partition coefficient (Wildman–Crippen LogP) is 3.35. The molecule has 1 fully saturated rings. The molecule has 5 heteroatoms. The van der Waals surface area contributed by atoms with Crippen LogP contribution in [0.3, 0.4) is 0 Å². The van der Waals surface area contributed by atoms with Crippen molar-refractivity contribution in [2.45, 2.75) is 32.6 Å². The summed E-state index contributed by atoms with van der Waals surface area (Å²) in [5.41, 5.74) is 3.01. The number of benzene rings is 2. The van der Waals surface area contributed by atoms with E-state index in [-0.39, 0.29) is 12.3 Å². The number of likely N-dealkylation sites (tertiary alicyclic amines) is 1. The van der Waals surface area contributed by atoms with E-state index >= 15 is 0 Å². The van der Waals surface area contributed by atoms with E-state index in [9.17, 15) is 9.59 Å². The predicted molar refractivity (Wildman–Crippen MR) is 107 cm³/mol. The number of carboxylic acids is 1. The van der Waals surface area contributed by atoms with E-state index in [1.807, 2.05) is 60.4 Å². The third kappa shape index (κ3) is 5.59. The first-order chi connectivity index (χ1) is 13.5. The average molecular weight is 381 g/mol. The van der Waals surface area contributed by atoms with Crippen molar-refractivity contribution in [1.82, 2.24) is 4.90 Å². The lowest BCUT2D eigenvalue weighted by atomic mass is 9.97. The fraction of sp³-hybridized carbons (Fsp3) is 0.391. The van der Waals surface area contributed by atoms with Crippen LogP contribution in [0, 0.1) is 5.92 Å². The van der Waals surface area contributed by atoms with E-state index in [0.29, 0.717) is 18.9 Å². The van der Waals surface area contributed by atoms with Crippen molar-refractivity contribution in [2.75, 3.05) is 19.7 Å². The summed E-state index contributed by atoms with van der Waals surface area (Å²) in [7, 11) is 0.